The van der Waals surface area contributed by atoms with Crippen LogP contribution in [-0.2, 0) is 11.2 Å². The van der Waals surface area contributed by atoms with Crippen molar-refractivity contribution in [3.05, 3.63) is 35.4 Å². The number of carbonyl (C=O) groups excluding carboxylic acids is 1. The van der Waals surface area contributed by atoms with Crippen molar-refractivity contribution in [2.75, 3.05) is 19.6 Å². The first kappa shape index (κ1) is 14.6. The van der Waals surface area contributed by atoms with E-state index in [1.54, 1.807) is 0 Å². The van der Waals surface area contributed by atoms with Crippen LogP contribution in [0.15, 0.2) is 24.3 Å². The standard InChI is InChI=1S/C18H26N2O/c19-13-17(18(21)20-9-2-1-3-10-20)12-14-5-4-6-16(11-14)15-7-8-15/h4-6,11,15,17H,1-3,7-10,12-13,19H2. The Morgan fingerprint density at radius 2 is 2.00 bits per heavy atom. The highest BCUT2D eigenvalue weighted by molar-refractivity contribution is 5.79. The van der Waals surface area contributed by atoms with Gasteiger partial charge in [-0.15, -0.1) is 0 Å². The van der Waals surface area contributed by atoms with E-state index in [0.29, 0.717) is 6.54 Å². The molecule has 1 saturated carbocycles. The first-order valence-electron chi connectivity index (χ1n) is 8.35. The van der Waals surface area contributed by atoms with Gasteiger partial charge in [0.15, 0.2) is 0 Å². The average Bonchev–Trinajstić information content (AvgIpc) is 3.38. The molecule has 1 unspecified atom stereocenters. The molecule has 3 nitrogen and oxygen atoms in total. The summed E-state index contributed by atoms with van der Waals surface area (Å²) in [4.78, 5) is 14.6. The molecule has 1 heterocycles. The topological polar surface area (TPSA) is 46.3 Å². The highest BCUT2D eigenvalue weighted by Crippen LogP contribution is 2.40. The number of hydrogen-bond donors (Lipinski definition) is 1. The molecule has 1 atom stereocenters. The highest BCUT2D eigenvalue weighted by Gasteiger charge is 2.26. The van der Waals surface area contributed by atoms with Crippen LogP contribution in [0, 0.1) is 5.92 Å². The third-order valence-electron chi connectivity index (χ3n) is 4.78. The SMILES string of the molecule is NCC(Cc1cccc(C2CC2)c1)C(=O)N1CCCCC1. The fourth-order valence-electron chi connectivity index (χ4n) is 3.32. The lowest BCUT2D eigenvalue weighted by Gasteiger charge is -2.30. The van der Waals surface area contributed by atoms with Crippen LogP contribution in [0.5, 0.6) is 0 Å². The minimum atomic E-state index is -0.0578. The van der Waals surface area contributed by atoms with Gasteiger partial charge >= 0.3 is 0 Å². The van der Waals surface area contributed by atoms with Crippen LogP contribution < -0.4 is 5.73 Å². The Morgan fingerprint density at radius 1 is 1.24 bits per heavy atom. The number of nitrogens with zero attached hydrogens (tertiary/aromatic N) is 1. The van der Waals surface area contributed by atoms with Crippen LogP contribution in [0.4, 0.5) is 0 Å². The van der Waals surface area contributed by atoms with Gasteiger partial charge in [0.05, 0.1) is 5.92 Å². The first-order chi connectivity index (χ1) is 10.3. The van der Waals surface area contributed by atoms with Crippen molar-refractivity contribution in [1.29, 1.82) is 0 Å². The van der Waals surface area contributed by atoms with E-state index in [2.05, 4.69) is 24.3 Å². The quantitative estimate of drug-likeness (QED) is 0.904. The number of likely N-dealkylation sites (tertiary alicyclic amines) is 1. The Morgan fingerprint density at radius 3 is 2.67 bits per heavy atom. The van der Waals surface area contributed by atoms with E-state index < -0.39 is 0 Å². The van der Waals surface area contributed by atoms with Crippen LogP contribution in [-0.4, -0.2) is 30.4 Å². The van der Waals surface area contributed by atoms with Crippen molar-refractivity contribution in [3.8, 4) is 0 Å². The minimum Gasteiger partial charge on any atom is -0.342 e. The molecule has 114 valence electrons. The van der Waals surface area contributed by atoms with E-state index in [4.69, 9.17) is 5.73 Å². The van der Waals surface area contributed by atoms with Crippen molar-refractivity contribution in [2.24, 2.45) is 11.7 Å². The Kier molecular flexibility index (Phi) is 4.59. The van der Waals surface area contributed by atoms with Gasteiger partial charge in [-0.25, -0.2) is 0 Å². The maximum Gasteiger partial charge on any atom is 0.227 e. The summed E-state index contributed by atoms with van der Waals surface area (Å²) in [6.07, 6.45) is 6.94. The number of carbonyl (C=O) groups is 1. The summed E-state index contributed by atoms with van der Waals surface area (Å²) in [6.45, 7) is 2.28. The van der Waals surface area contributed by atoms with E-state index in [9.17, 15) is 4.79 Å². The minimum absolute atomic E-state index is 0.0578. The molecule has 1 saturated heterocycles. The van der Waals surface area contributed by atoms with Gasteiger partial charge in [0, 0.05) is 19.6 Å². The van der Waals surface area contributed by atoms with E-state index in [1.807, 2.05) is 4.90 Å². The summed E-state index contributed by atoms with van der Waals surface area (Å²) in [5.74, 6) is 0.964. The fraction of sp³-hybridized carbons (Fsp3) is 0.611. The zero-order valence-corrected chi connectivity index (χ0v) is 12.8. The summed E-state index contributed by atoms with van der Waals surface area (Å²) in [7, 11) is 0. The lowest BCUT2D eigenvalue weighted by Crippen LogP contribution is -2.42. The molecule has 0 aromatic heterocycles. The van der Waals surface area contributed by atoms with Crippen LogP contribution in [0.25, 0.3) is 0 Å². The third-order valence-corrected chi connectivity index (χ3v) is 4.78. The molecule has 0 bridgehead atoms. The van der Waals surface area contributed by atoms with Crippen LogP contribution >= 0.6 is 0 Å². The predicted octanol–water partition coefficient (Wildman–Crippen LogP) is 2.69. The van der Waals surface area contributed by atoms with Crippen molar-refractivity contribution in [1.82, 2.24) is 4.90 Å². The molecular formula is C18H26N2O. The normalized spacial score (nSPS) is 20.3. The molecule has 1 aliphatic heterocycles. The van der Waals surface area contributed by atoms with Crippen molar-refractivity contribution < 1.29 is 4.79 Å². The predicted molar refractivity (Wildman–Crippen MR) is 85.1 cm³/mol. The van der Waals surface area contributed by atoms with Crippen LogP contribution in [0.1, 0.15) is 49.1 Å². The third kappa shape index (κ3) is 3.65. The maximum absolute atomic E-state index is 12.6. The lowest BCUT2D eigenvalue weighted by atomic mass is 9.95. The molecule has 3 heteroatoms. The van der Waals surface area contributed by atoms with Crippen LogP contribution in [0.3, 0.4) is 0 Å². The van der Waals surface area contributed by atoms with Gasteiger partial charge in [0.1, 0.15) is 0 Å². The van der Waals surface area contributed by atoms with E-state index in [1.165, 1.54) is 30.4 Å². The molecule has 2 N–H and O–H groups in total. The molecule has 1 aliphatic carbocycles. The Hall–Kier alpha value is -1.35. The smallest absolute Gasteiger partial charge is 0.227 e. The van der Waals surface area contributed by atoms with Crippen LogP contribution in [0.2, 0.25) is 0 Å². The first-order valence-corrected chi connectivity index (χ1v) is 8.35. The molecule has 2 aliphatic rings. The van der Waals surface area contributed by atoms with Gasteiger partial charge in [-0.1, -0.05) is 24.3 Å². The second-order valence-electron chi connectivity index (χ2n) is 6.54. The summed E-state index contributed by atoms with van der Waals surface area (Å²) in [5.41, 5.74) is 8.59. The zero-order valence-electron chi connectivity index (χ0n) is 12.8. The van der Waals surface area contributed by atoms with Gasteiger partial charge in [-0.05, 0) is 55.6 Å². The molecule has 21 heavy (non-hydrogen) atoms. The largest absolute Gasteiger partial charge is 0.342 e. The molecule has 1 amide bonds. The highest BCUT2D eigenvalue weighted by atomic mass is 16.2. The van der Waals surface area contributed by atoms with Gasteiger partial charge in [-0.2, -0.15) is 0 Å². The van der Waals surface area contributed by atoms with Crippen molar-refractivity contribution in [2.45, 2.75) is 44.4 Å². The van der Waals surface area contributed by atoms with E-state index in [0.717, 1.165) is 38.3 Å². The number of amides is 1. The monoisotopic (exact) mass is 286 g/mol. The number of hydrogen-bond acceptors (Lipinski definition) is 2. The van der Waals surface area contributed by atoms with Gasteiger partial charge in [-0.3, -0.25) is 4.79 Å². The number of nitrogens with two attached hydrogens (primary N) is 1. The Bertz CT molecular complexity index is 490. The molecule has 3 rings (SSSR count). The summed E-state index contributed by atoms with van der Waals surface area (Å²) in [5, 5.41) is 0. The summed E-state index contributed by atoms with van der Waals surface area (Å²) < 4.78 is 0. The molecule has 0 spiro atoms. The summed E-state index contributed by atoms with van der Waals surface area (Å²) >= 11 is 0. The van der Waals surface area contributed by atoms with E-state index >= 15 is 0 Å². The summed E-state index contributed by atoms with van der Waals surface area (Å²) in [6, 6.07) is 8.76. The van der Waals surface area contributed by atoms with Gasteiger partial charge < -0.3 is 10.6 Å². The second-order valence-corrected chi connectivity index (χ2v) is 6.54. The van der Waals surface area contributed by atoms with E-state index in [-0.39, 0.29) is 11.8 Å². The van der Waals surface area contributed by atoms with Crippen molar-refractivity contribution >= 4 is 5.91 Å². The van der Waals surface area contributed by atoms with Gasteiger partial charge in [0.25, 0.3) is 0 Å². The number of piperidine rings is 1. The second kappa shape index (κ2) is 6.61. The lowest BCUT2D eigenvalue weighted by molar-refractivity contribution is -0.136. The molecule has 1 aromatic rings. The molecular weight excluding hydrogens is 260 g/mol. The van der Waals surface area contributed by atoms with Gasteiger partial charge in [0.2, 0.25) is 5.91 Å². The maximum atomic E-state index is 12.6. The van der Waals surface area contributed by atoms with Crippen molar-refractivity contribution in [3.63, 3.8) is 0 Å². The zero-order chi connectivity index (χ0) is 14.7. The fourth-order valence-corrected chi connectivity index (χ4v) is 3.32. The Labute approximate surface area is 127 Å². The average molecular weight is 286 g/mol. The molecule has 2 fully saturated rings. The molecule has 1 aromatic carbocycles. The number of rotatable bonds is 5. The Balaban J connectivity index is 1.65. The number of benzene rings is 1. The molecule has 0 radical (unpaired) electrons.